The number of hydrogen-bond donors (Lipinski definition) is 3. The number of phenolic OH excluding ortho intramolecular Hbond substituents is 1. The number of anilines is 1. The van der Waals surface area contributed by atoms with E-state index in [0.717, 1.165) is 4.88 Å². The summed E-state index contributed by atoms with van der Waals surface area (Å²) in [4.78, 5) is 24.2. The molecule has 0 aliphatic heterocycles. The van der Waals surface area contributed by atoms with Crippen molar-refractivity contribution in [2.75, 3.05) is 5.32 Å². The van der Waals surface area contributed by atoms with Gasteiger partial charge in [-0.05, 0) is 37.6 Å². The fraction of sp³-hybridized carbons (Fsp3) is 0.143. The van der Waals surface area contributed by atoms with Crippen molar-refractivity contribution in [3.63, 3.8) is 0 Å². The zero-order valence-corrected chi connectivity index (χ0v) is 12.8. The topological polar surface area (TPSA) is 86.6 Å². The second kappa shape index (κ2) is 5.75. The minimum atomic E-state index is -1.10. The van der Waals surface area contributed by atoms with Crippen LogP contribution in [-0.4, -0.2) is 22.1 Å². The number of carbonyl (C=O) groups excluding carboxylic acids is 1. The molecule has 0 unspecified atom stereocenters. The van der Waals surface area contributed by atoms with E-state index < -0.39 is 11.9 Å². The zero-order valence-electron chi connectivity index (χ0n) is 11.2. The lowest BCUT2D eigenvalue weighted by molar-refractivity contribution is 0.0697. The molecule has 0 fully saturated rings. The number of hydrogen-bond acceptors (Lipinski definition) is 4. The van der Waals surface area contributed by atoms with Gasteiger partial charge in [0.2, 0.25) is 0 Å². The number of halogens is 1. The fourth-order valence-corrected chi connectivity index (χ4v) is 3.05. The molecule has 7 heteroatoms. The Morgan fingerprint density at radius 1 is 1.29 bits per heavy atom. The lowest BCUT2D eigenvalue weighted by Gasteiger charge is -2.06. The van der Waals surface area contributed by atoms with Crippen molar-refractivity contribution in [2.24, 2.45) is 0 Å². The molecule has 1 aromatic carbocycles. The summed E-state index contributed by atoms with van der Waals surface area (Å²) in [6.07, 6.45) is 0. The first-order chi connectivity index (χ1) is 9.81. The van der Waals surface area contributed by atoms with Crippen LogP contribution in [0, 0.1) is 13.8 Å². The minimum Gasteiger partial charge on any atom is -0.507 e. The van der Waals surface area contributed by atoms with E-state index in [1.807, 2.05) is 0 Å². The Morgan fingerprint density at radius 3 is 2.52 bits per heavy atom. The smallest absolute Gasteiger partial charge is 0.338 e. The van der Waals surface area contributed by atoms with Gasteiger partial charge in [0.1, 0.15) is 10.8 Å². The third-order valence-electron chi connectivity index (χ3n) is 3.03. The van der Waals surface area contributed by atoms with Gasteiger partial charge in [0, 0.05) is 9.90 Å². The monoisotopic (exact) mass is 325 g/mol. The van der Waals surface area contributed by atoms with E-state index in [1.54, 1.807) is 13.8 Å². The summed E-state index contributed by atoms with van der Waals surface area (Å²) in [5.41, 5.74) is 0.710. The molecule has 0 saturated heterocycles. The van der Waals surface area contributed by atoms with Gasteiger partial charge in [-0.1, -0.05) is 11.6 Å². The first-order valence-corrected chi connectivity index (χ1v) is 7.14. The molecule has 0 aliphatic carbocycles. The molecule has 2 rings (SSSR count). The summed E-state index contributed by atoms with van der Waals surface area (Å²) in [5.74, 6) is -1.96. The number of carboxylic acid groups (broad SMARTS) is 1. The van der Waals surface area contributed by atoms with Crippen LogP contribution >= 0.6 is 22.9 Å². The van der Waals surface area contributed by atoms with E-state index in [9.17, 15) is 19.8 Å². The number of amides is 1. The number of rotatable bonds is 3. The van der Waals surface area contributed by atoms with Crippen molar-refractivity contribution in [1.82, 2.24) is 0 Å². The van der Waals surface area contributed by atoms with Crippen LogP contribution in [0.1, 0.15) is 31.2 Å². The van der Waals surface area contributed by atoms with Gasteiger partial charge in [0.05, 0.1) is 11.1 Å². The van der Waals surface area contributed by atoms with Crippen molar-refractivity contribution in [2.45, 2.75) is 13.8 Å². The van der Waals surface area contributed by atoms with Gasteiger partial charge in [-0.3, -0.25) is 4.79 Å². The Morgan fingerprint density at radius 2 is 1.95 bits per heavy atom. The van der Waals surface area contributed by atoms with Crippen molar-refractivity contribution in [3.8, 4) is 5.75 Å². The van der Waals surface area contributed by atoms with Crippen LogP contribution in [0.5, 0.6) is 5.75 Å². The number of benzene rings is 1. The standard InChI is InChI=1S/C14H12ClNO4S/c1-6-7(2)21-13(11(6)14(19)20)16-12(18)9-4-3-8(15)5-10(9)17/h3-5,17H,1-2H3,(H,16,18)(H,19,20). The van der Waals surface area contributed by atoms with Crippen LogP contribution < -0.4 is 5.32 Å². The fourth-order valence-electron chi connectivity index (χ4n) is 1.84. The van der Waals surface area contributed by atoms with E-state index in [4.69, 9.17) is 11.6 Å². The molecule has 1 heterocycles. The van der Waals surface area contributed by atoms with Crippen LogP contribution in [0.2, 0.25) is 5.02 Å². The highest BCUT2D eigenvalue weighted by Gasteiger charge is 2.21. The maximum atomic E-state index is 12.1. The summed E-state index contributed by atoms with van der Waals surface area (Å²) in [5, 5.41) is 22.0. The number of thiophene rings is 1. The lowest BCUT2D eigenvalue weighted by Crippen LogP contribution is -2.13. The average molecular weight is 326 g/mol. The maximum absolute atomic E-state index is 12.1. The second-order valence-electron chi connectivity index (χ2n) is 4.41. The normalized spacial score (nSPS) is 10.4. The number of aromatic hydroxyl groups is 1. The molecule has 1 amide bonds. The van der Waals surface area contributed by atoms with E-state index in [0.29, 0.717) is 10.6 Å². The Labute approximate surface area is 129 Å². The zero-order chi connectivity index (χ0) is 15.7. The predicted octanol–water partition coefficient (Wildman–Crippen LogP) is 3.67. The van der Waals surface area contributed by atoms with Gasteiger partial charge in [-0.15, -0.1) is 11.3 Å². The van der Waals surface area contributed by atoms with Crippen LogP contribution in [0.15, 0.2) is 18.2 Å². The van der Waals surface area contributed by atoms with Gasteiger partial charge >= 0.3 is 5.97 Å². The molecule has 0 radical (unpaired) electrons. The first kappa shape index (κ1) is 15.3. The number of phenols is 1. The van der Waals surface area contributed by atoms with Crippen molar-refractivity contribution < 1.29 is 19.8 Å². The lowest BCUT2D eigenvalue weighted by atomic mass is 10.1. The summed E-state index contributed by atoms with van der Waals surface area (Å²) in [7, 11) is 0. The third-order valence-corrected chi connectivity index (χ3v) is 4.39. The number of carbonyl (C=O) groups is 2. The SMILES string of the molecule is Cc1sc(NC(=O)c2ccc(Cl)cc2O)c(C(=O)O)c1C. The van der Waals surface area contributed by atoms with Gasteiger partial charge in [0.25, 0.3) is 5.91 Å². The molecule has 0 aliphatic rings. The van der Waals surface area contributed by atoms with E-state index in [1.165, 1.54) is 29.5 Å². The summed E-state index contributed by atoms with van der Waals surface area (Å²) < 4.78 is 0. The molecule has 0 atom stereocenters. The molecule has 21 heavy (non-hydrogen) atoms. The number of carboxylic acids is 1. The van der Waals surface area contributed by atoms with E-state index >= 15 is 0 Å². The van der Waals surface area contributed by atoms with Gasteiger partial charge in [-0.25, -0.2) is 4.79 Å². The third kappa shape index (κ3) is 3.01. The van der Waals surface area contributed by atoms with Gasteiger partial charge in [-0.2, -0.15) is 0 Å². The quantitative estimate of drug-likeness (QED) is 0.803. The molecular weight excluding hydrogens is 314 g/mol. The van der Waals surface area contributed by atoms with Gasteiger partial charge in [0.15, 0.2) is 0 Å². The average Bonchev–Trinajstić information content (AvgIpc) is 2.64. The molecule has 5 nitrogen and oxygen atoms in total. The Bertz CT molecular complexity index is 739. The summed E-state index contributed by atoms with van der Waals surface area (Å²) in [6, 6.07) is 4.10. The predicted molar refractivity (Wildman–Crippen MR) is 81.8 cm³/mol. The van der Waals surface area contributed by atoms with Crippen molar-refractivity contribution in [1.29, 1.82) is 0 Å². The Kier molecular flexibility index (Phi) is 4.20. The maximum Gasteiger partial charge on any atom is 0.338 e. The van der Waals surface area contributed by atoms with Crippen LogP contribution in [0.3, 0.4) is 0 Å². The minimum absolute atomic E-state index is 0.0273. The number of nitrogens with one attached hydrogen (secondary N) is 1. The molecular formula is C14H12ClNO4S. The van der Waals surface area contributed by atoms with E-state index in [-0.39, 0.29) is 21.9 Å². The first-order valence-electron chi connectivity index (χ1n) is 5.94. The van der Waals surface area contributed by atoms with Crippen LogP contribution in [0.4, 0.5) is 5.00 Å². The molecule has 2 aromatic rings. The number of aryl methyl sites for hydroxylation is 1. The molecule has 0 bridgehead atoms. The van der Waals surface area contributed by atoms with E-state index in [2.05, 4.69) is 5.32 Å². The molecule has 0 spiro atoms. The molecule has 3 N–H and O–H groups in total. The molecule has 1 aromatic heterocycles. The Balaban J connectivity index is 2.36. The molecule has 110 valence electrons. The van der Waals surface area contributed by atoms with Gasteiger partial charge < -0.3 is 15.5 Å². The van der Waals surface area contributed by atoms with Crippen molar-refractivity contribution in [3.05, 3.63) is 44.8 Å². The molecule has 0 saturated carbocycles. The Hall–Kier alpha value is -2.05. The second-order valence-corrected chi connectivity index (χ2v) is 6.07. The highest BCUT2D eigenvalue weighted by Crippen LogP contribution is 2.33. The van der Waals surface area contributed by atoms with Crippen LogP contribution in [-0.2, 0) is 0 Å². The highest BCUT2D eigenvalue weighted by atomic mass is 35.5. The number of aromatic carboxylic acids is 1. The summed E-state index contributed by atoms with van der Waals surface area (Å²) >= 11 is 6.89. The highest BCUT2D eigenvalue weighted by molar-refractivity contribution is 7.16. The van der Waals surface area contributed by atoms with Crippen LogP contribution in [0.25, 0.3) is 0 Å². The van der Waals surface area contributed by atoms with Crippen molar-refractivity contribution >= 4 is 39.8 Å². The summed E-state index contributed by atoms with van der Waals surface area (Å²) in [6.45, 7) is 3.46. The largest absolute Gasteiger partial charge is 0.507 e.